The van der Waals surface area contributed by atoms with Crippen molar-refractivity contribution in [2.75, 3.05) is 33.4 Å². The molecular weight excluding hydrogens is 252 g/mol. The number of amides is 1. The smallest absolute Gasteiger partial charge is 0.275 e. The van der Waals surface area contributed by atoms with E-state index in [-0.39, 0.29) is 5.91 Å². The number of aromatic nitrogens is 2. The number of carbonyl (C=O) groups is 1. The Morgan fingerprint density at radius 3 is 3.22 bits per heavy atom. The second-order valence-corrected chi connectivity index (χ2v) is 4.94. The Balaban J connectivity index is 1.96. The quantitative estimate of drug-likeness (QED) is 0.809. The summed E-state index contributed by atoms with van der Waals surface area (Å²) in [4.78, 5) is 14.0. The molecule has 2 rings (SSSR count). The third kappa shape index (κ3) is 3.47. The molecule has 1 aromatic rings. The number of rotatable bonds is 6. The second-order valence-electron chi connectivity index (χ2n) is 4.33. The van der Waals surface area contributed by atoms with Crippen molar-refractivity contribution < 1.29 is 9.53 Å². The average Bonchev–Trinajstić information content (AvgIpc) is 3.06. The molecule has 1 saturated heterocycles. The standard InChI is InChI=1S/C11H18N4O2S/c1-17-6-5-15(7-9-3-2-4-12-9)11(16)10-8-18-14-13-10/h8-9,12H,2-7H2,1H3. The van der Waals surface area contributed by atoms with Crippen LogP contribution in [0.4, 0.5) is 0 Å². The van der Waals surface area contributed by atoms with Gasteiger partial charge in [-0.1, -0.05) is 4.49 Å². The molecule has 0 aromatic carbocycles. The molecule has 1 fully saturated rings. The van der Waals surface area contributed by atoms with E-state index in [1.165, 1.54) is 18.0 Å². The molecule has 7 heteroatoms. The summed E-state index contributed by atoms with van der Waals surface area (Å²) in [6.45, 7) is 2.87. The molecule has 1 amide bonds. The normalized spacial score (nSPS) is 19.1. The van der Waals surface area contributed by atoms with Gasteiger partial charge >= 0.3 is 0 Å². The molecule has 1 aliphatic heterocycles. The highest BCUT2D eigenvalue weighted by Crippen LogP contribution is 2.10. The van der Waals surface area contributed by atoms with E-state index < -0.39 is 0 Å². The van der Waals surface area contributed by atoms with E-state index in [9.17, 15) is 4.79 Å². The van der Waals surface area contributed by atoms with Crippen molar-refractivity contribution >= 4 is 17.4 Å². The van der Waals surface area contributed by atoms with E-state index in [0.717, 1.165) is 13.0 Å². The van der Waals surface area contributed by atoms with E-state index in [0.29, 0.717) is 31.4 Å². The maximum atomic E-state index is 12.2. The van der Waals surface area contributed by atoms with Crippen LogP contribution in [-0.4, -0.2) is 59.8 Å². The van der Waals surface area contributed by atoms with Crippen LogP contribution in [0, 0.1) is 0 Å². The Morgan fingerprint density at radius 2 is 2.61 bits per heavy atom. The largest absolute Gasteiger partial charge is 0.383 e. The van der Waals surface area contributed by atoms with Crippen molar-refractivity contribution in [1.29, 1.82) is 0 Å². The topological polar surface area (TPSA) is 67.3 Å². The minimum Gasteiger partial charge on any atom is -0.383 e. The van der Waals surface area contributed by atoms with Gasteiger partial charge in [-0.15, -0.1) is 5.10 Å². The van der Waals surface area contributed by atoms with Crippen LogP contribution in [0.2, 0.25) is 0 Å². The van der Waals surface area contributed by atoms with Crippen LogP contribution in [-0.2, 0) is 4.74 Å². The molecule has 1 aliphatic rings. The molecule has 2 heterocycles. The summed E-state index contributed by atoms with van der Waals surface area (Å²) in [5.74, 6) is -0.0606. The number of nitrogens with zero attached hydrogens (tertiary/aromatic N) is 3. The molecule has 0 saturated carbocycles. The summed E-state index contributed by atoms with van der Waals surface area (Å²) in [6, 6.07) is 0.386. The molecule has 0 radical (unpaired) electrons. The Hall–Kier alpha value is -1.05. The summed E-state index contributed by atoms with van der Waals surface area (Å²) in [7, 11) is 1.64. The first-order chi connectivity index (χ1) is 8.81. The lowest BCUT2D eigenvalue weighted by molar-refractivity contribution is 0.0673. The maximum absolute atomic E-state index is 12.2. The third-order valence-electron chi connectivity index (χ3n) is 3.03. The third-order valence-corrected chi connectivity index (χ3v) is 3.54. The zero-order valence-corrected chi connectivity index (χ0v) is 11.3. The number of nitrogens with one attached hydrogen (secondary N) is 1. The fourth-order valence-electron chi connectivity index (χ4n) is 2.08. The van der Waals surface area contributed by atoms with Gasteiger partial charge in [0.15, 0.2) is 5.69 Å². The van der Waals surface area contributed by atoms with Gasteiger partial charge in [-0.3, -0.25) is 4.79 Å². The zero-order chi connectivity index (χ0) is 12.8. The lowest BCUT2D eigenvalue weighted by Gasteiger charge is -2.24. The van der Waals surface area contributed by atoms with Crippen molar-refractivity contribution in [3.63, 3.8) is 0 Å². The van der Waals surface area contributed by atoms with Gasteiger partial charge < -0.3 is 15.0 Å². The molecule has 18 heavy (non-hydrogen) atoms. The van der Waals surface area contributed by atoms with Crippen molar-refractivity contribution in [2.45, 2.75) is 18.9 Å². The molecule has 6 nitrogen and oxygen atoms in total. The first-order valence-electron chi connectivity index (χ1n) is 6.10. The Bertz CT molecular complexity index is 365. The first-order valence-corrected chi connectivity index (χ1v) is 6.93. The van der Waals surface area contributed by atoms with Gasteiger partial charge in [0.1, 0.15) is 0 Å². The minimum atomic E-state index is -0.0606. The highest BCUT2D eigenvalue weighted by molar-refractivity contribution is 7.03. The van der Waals surface area contributed by atoms with Gasteiger partial charge in [0.05, 0.1) is 6.61 Å². The van der Waals surface area contributed by atoms with Crippen LogP contribution < -0.4 is 5.32 Å². The molecule has 0 bridgehead atoms. The number of methoxy groups -OCH3 is 1. The van der Waals surface area contributed by atoms with E-state index in [2.05, 4.69) is 14.9 Å². The molecule has 0 aliphatic carbocycles. The summed E-state index contributed by atoms with van der Waals surface area (Å²) in [5.41, 5.74) is 0.425. The lowest BCUT2D eigenvalue weighted by atomic mass is 10.2. The summed E-state index contributed by atoms with van der Waals surface area (Å²) >= 11 is 1.20. The van der Waals surface area contributed by atoms with E-state index in [4.69, 9.17) is 4.74 Å². The molecule has 1 N–H and O–H groups in total. The van der Waals surface area contributed by atoms with Crippen molar-refractivity contribution in [1.82, 2.24) is 19.8 Å². The van der Waals surface area contributed by atoms with Crippen LogP contribution >= 0.6 is 11.5 Å². The average molecular weight is 270 g/mol. The van der Waals surface area contributed by atoms with Gasteiger partial charge in [0.25, 0.3) is 5.91 Å². The van der Waals surface area contributed by atoms with Crippen LogP contribution in [0.3, 0.4) is 0 Å². The molecular formula is C11H18N4O2S. The molecule has 100 valence electrons. The summed E-state index contributed by atoms with van der Waals surface area (Å²) in [6.07, 6.45) is 2.29. The first kappa shape index (κ1) is 13.4. The molecule has 1 unspecified atom stereocenters. The second kappa shape index (κ2) is 6.77. The van der Waals surface area contributed by atoms with E-state index >= 15 is 0 Å². The number of hydrogen-bond acceptors (Lipinski definition) is 6. The van der Waals surface area contributed by atoms with Gasteiger partial charge in [-0.05, 0) is 30.9 Å². The number of carbonyl (C=O) groups excluding carboxylic acids is 1. The lowest BCUT2D eigenvalue weighted by Crippen LogP contribution is -2.42. The van der Waals surface area contributed by atoms with Crippen molar-refractivity contribution in [3.8, 4) is 0 Å². The maximum Gasteiger partial charge on any atom is 0.275 e. The highest BCUT2D eigenvalue weighted by atomic mass is 32.1. The molecule has 1 aromatic heterocycles. The fourth-order valence-corrected chi connectivity index (χ4v) is 2.51. The van der Waals surface area contributed by atoms with E-state index in [1.54, 1.807) is 17.4 Å². The summed E-state index contributed by atoms with van der Waals surface area (Å²) < 4.78 is 8.79. The fraction of sp³-hybridized carbons (Fsp3) is 0.727. The Morgan fingerprint density at radius 1 is 1.72 bits per heavy atom. The predicted molar refractivity (Wildman–Crippen MR) is 68.7 cm³/mol. The Labute approximate surface area is 110 Å². The van der Waals surface area contributed by atoms with Crippen LogP contribution in [0.1, 0.15) is 23.3 Å². The molecule has 1 atom stereocenters. The number of ether oxygens (including phenoxy) is 1. The van der Waals surface area contributed by atoms with Crippen molar-refractivity contribution in [2.24, 2.45) is 0 Å². The van der Waals surface area contributed by atoms with Gasteiger partial charge in [-0.2, -0.15) is 0 Å². The van der Waals surface area contributed by atoms with Gasteiger partial charge in [-0.25, -0.2) is 0 Å². The monoisotopic (exact) mass is 270 g/mol. The zero-order valence-electron chi connectivity index (χ0n) is 10.5. The highest BCUT2D eigenvalue weighted by Gasteiger charge is 2.23. The SMILES string of the molecule is COCCN(CC1CCCN1)C(=O)c1csnn1. The van der Waals surface area contributed by atoms with Crippen LogP contribution in [0.5, 0.6) is 0 Å². The van der Waals surface area contributed by atoms with Crippen LogP contribution in [0.25, 0.3) is 0 Å². The number of hydrogen-bond donors (Lipinski definition) is 1. The minimum absolute atomic E-state index is 0.0606. The predicted octanol–water partition coefficient (Wildman–Crippen LogP) is 0.379. The van der Waals surface area contributed by atoms with Crippen molar-refractivity contribution in [3.05, 3.63) is 11.1 Å². The van der Waals surface area contributed by atoms with E-state index in [1.807, 2.05) is 0 Å². The van der Waals surface area contributed by atoms with Gasteiger partial charge in [0, 0.05) is 31.6 Å². The molecule has 0 spiro atoms. The summed E-state index contributed by atoms with van der Waals surface area (Å²) in [5, 5.41) is 8.92. The van der Waals surface area contributed by atoms with Gasteiger partial charge in [0.2, 0.25) is 0 Å². The van der Waals surface area contributed by atoms with Crippen LogP contribution in [0.15, 0.2) is 5.38 Å². The Kier molecular flexibility index (Phi) is 5.03.